The van der Waals surface area contributed by atoms with Crippen molar-refractivity contribution in [3.8, 4) is 0 Å². The van der Waals surface area contributed by atoms with Crippen molar-refractivity contribution in [2.75, 3.05) is 0 Å². The van der Waals surface area contributed by atoms with Crippen LogP contribution in [0, 0.1) is 0 Å². The molecule has 1 N–H and O–H groups in total. The Morgan fingerprint density at radius 1 is 0.821 bits per heavy atom. The maximum Gasteiger partial charge on any atom is 0.255 e. The molecule has 1 aliphatic heterocycles. The van der Waals surface area contributed by atoms with Crippen LogP contribution in [0.2, 0.25) is 0 Å². The zero-order valence-corrected chi connectivity index (χ0v) is 17.0. The Kier molecular flexibility index (Phi) is 6.33. The third-order valence-electron chi connectivity index (χ3n) is 6.92. The van der Waals surface area contributed by atoms with E-state index in [4.69, 9.17) is 0 Å². The first-order valence-electron chi connectivity index (χ1n) is 11.5. The van der Waals surface area contributed by atoms with Crippen LogP contribution in [0.3, 0.4) is 0 Å². The molecule has 1 atom stereocenters. The molecular formula is C24H34N2O2. The van der Waals surface area contributed by atoms with Gasteiger partial charge >= 0.3 is 0 Å². The Bertz CT molecular complexity index is 686. The van der Waals surface area contributed by atoms with E-state index in [0.717, 1.165) is 49.7 Å². The third kappa shape index (κ3) is 4.11. The average molecular weight is 383 g/mol. The first-order chi connectivity index (χ1) is 13.8. The van der Waals surface area contributed by atoms with Gasteiger partial charge in [0.2, 0.25) is 5.91 Å². The van der Waals surface area contributed by atoms with Crippen LogP contribution < -0.4 is 5.32 Å². The molecule has 2 fully saturated rings. The molecule has 1 aromatic carbocycles. The van der Waals surface area contributed by atoms with Crippen molar-refractivity contribution in [3.05, 3.63) is 35.4 Å². The van der Waals surface area contributed by atoms with Crippen molar-refractivity contribution in [2.45, 2.75) is 102 Å². The fourth-order valence-electron chi connectivity index (χ4n) is 5.40. The minimum atomic E-state index is -0.447. The largest absolute Gasteiger partial charge is 0.351 e. The van der Waals surface area contributed by atoms with Crippen molar-refractivity contribution >= 4 is 11.8 Å². The van der Waals surface area contributed by atoms with E-state index in [-0.39, 0.29) is 23.9 Å². The Morgan fingerprint density at radius 2 is 1.39 bits per heavy atom. The van der Waals surface area contributed by atoms with Gasteiger partial charge in [-0.15, -0.1) is 0 Å². The number of carbonyl (C=O) groups is 2. The van der Waals surface area contributed by atoms with E-state index in [1.165, 1.54) is 44.9 Å². The maximum atomic E-state index is 13.5. The SMILES string of the molecule is O=C(NC1CCCCCCC1)C1c2ccccc2C(=O)N1C1CCCCCC1. The summed E-state index contributed by atoms with van der Waals surface area (Å²) in [5, 5.41) is 3.34. The van der Waals surface area contributed by atoms with Gasteiger partial charge in [0, 0.05) is 17.6 Å². The normalized spacial score (nSPS) is 24.9. The van der Waals surface area contributed by atoms with Gasteiger partial charge in [-0.1, -0.05) is 76.0 Å². The average Bonchev–Trinajstić information content (AvgIpc) is 2.84. The maximum absolute atomic E-state index is 13.5. The van der Waals surface area contributed by atoms with E-state index in [9.17, 15) is 9.59 Å². The molecule has 2 saturated carbocycles. The molecule has 1 aromatic rings. The number of amides is 2. The molecule has 152 valence electrons. The van der Waals surface area contributed by atoms with Crippen LogP contribution in [0.15, 0.2) is 24.3 Å². The highest BCUT2D eigenvalue weighted by Crippen LogP contribution is 2.38. The predicted molar refractivity (Wildman–Crippen MR) is 111 cm³/mol. The van der Waals surface area contributed by atoms with Gasteiger partial charge in [0.15, 0.2) is 0 Å². The van der Waals surface area contributed by atoms with Gasteiger partial charge in [0.1, 0.15) is 6.04 Å². The summed E-state index contributed by atoms with van der Waals surface area (Å²) in [6.07, 6.45) is 15.2. The zero-order valence-electron chi connectivity index (χ0n) is 17.0. The molecular weight excluding hydrogens is 348 g/mol. The molecule has 2 aliphatic carbocycles. The number of benzene rings is 1. The summed E-state index contributed by atoms with van der Waals surface area (Å²) in [6, 6.07) is 7.74. The van der Waals surface area contributed by atoms with Crippen LogP contribution in [-0.4, -0.2) is 28.8 Å². The lowest BCUT2D eigenvalue weighted by molar-refractivity contribution is -0.127. The monoisotopic (exact) mass is 382 g/mol. The molecule has 2 amide bonds. The van der Waals surface area contributed by atoms with Gasteiger partial charge in [-0.25, -0.2) is 0 Å². The number of fused-ring (bicyclic) bond motifs is 1. The third-order valence-corrected chi connectivity index (χ3v) is 6.92. The number of nitrogens with one attached hydrogen (secondary N) is 1. The molecule has 0 spiro atoms. The Labute approximate surface area is 169 Å². The molecule has 1 heterocycles. The summed E-state index contributed by atoms with van der Waals surface area (Å²) in [4.78, 5) is 28.7. The fraction of sp³-hybridized carbons (Fsp3) is 0.667. The predicted octanol–water partition coefficient (Wildman–Crippen LogP) is 5.14. The number of hydrogen-bond acceptors (Lipinski definition) is 2. The summed E-state index contributed by atoms with van der Waals surface area (Å²) in [5.74, 6) is 0.0911. The number of rotatable bonds is 3. The Hall–Kier alpha value is -1.84. The molecule has 0 aromatic heterocycles. The Morgan fingerprint density at radius 3 is 2.07 bits per heavy atom. The second kappa shape index (κ2) is 9.11. The molecule has 1 unspecified atom stereocenters. The minimum absolute atomic E-state index is 0.0353. The second-order valence-corrected chi connectivity index (χ2v) is 8.90. The first kappa shape index (κ1) is 19.5. The van der Waals surface area contributed by atoms with E-state index < -0.39 is 6.04 Å². The van der Waals surface area contributed by atoms with Gasteiger partial charge in [-0.2, -0.15) is 0 Å². The number of nitrogens with zero attached hydrogens (tertiary/aromatic N) is 1. The highest BCUT2D eigenvalue weighted by Gasteiger charge is 2.44. The standard InChI is InChI=1S/C24H34N2O2/c27-23(25-18-12-6-2-1-3-7-13-18)22-20-16-10-11-17-21(20)24(28)26(22)19-14-8-4-5-9-15-19/h10-11,16-19,22H,1-9,12-15H2,(H,25,27). The summed E-state index contributed by atoms with van der Waals surface area (Å²) in [7, 11) is 0. The van der Waals surface area contributed by atoms with Gasteiger partial charge in [-0.05, 0) is 37.3 Å². The van der Waals surface area contributed by atoms with E-state index in [2.05, 4.69) is 5.32 Å². The van der Waals surface area contributed by atoms with Crippen LogP contribution >= 0.6 is 0 Å². The first-order valence-corrected chi connectivity index (χ1v) is 11.5. The molecule has 4 nitrogen and oxygen atoms in total. The van der Waals surface area contributed by atoms with Gasteiger partial charge in [0.05, 0.1) is 0 Å². The summed E-state index contributed by atoms with van der Waals surface area (Å²) < 4.78 is 0. The molecule has 4 heteroatoms. The molecule has 0 radical (unpaired) electrons. The Balaban J connectivity index is 1.57. The second-order valence-electron chi connectivity index (χ2n) is 8.90. The van der Waals surface area contributed by atoms with Crippen LogP contribution in [-0.2, 0) is 4.79 Å². The van der Waals surface area contributed by atoms with Crippen LogP contribution in [0.4, 0.5) is 0 Å². The van der Waals surface area contributed by atoms with Gasteiger partial charge < -0.3 is 10.2 Å². The van der Waals surface area contributed by atoms with Crippen molar-refractivity contribution in [2.24, 2.45) is 0 Å². The number of carbonyl (C=O) groups excluding carboxylic acids is 2. The van der Waals surface area contributed by atoms with Gasteiger partial charge in [0.25, 0.3) is 5.91 Å². The van der Waals surface area contributed by atoms with E-state index in [0.29, 0.717) is 0 Å². The summed E-state index contributed by atoms with van der Waals surface area (Å²) in [5.41, 5.74) is 1.63. The fourth-order valence-corrected chi connectivity index (χ4v) is 5.40. The summed E-state index contributed by atoms with van der Waals surface area (Å²) in [6.45, 7) is 0. The highest BCUT2D eigenvalue weighted by atomic mass is 16.2. The lowest BCUT2D eigenvalue weighted by Gasteiger charge is -2.33. The highest BCUT2D eigenvalue weighted by molar-refractivity contribution is 6.04. The van der Waals surface area contributed by atoms with Crippen LogP contribution in [0.25, 0.3) is 0 Å². The number of hydrogen-bond donors (Lipinski definition) is 1. The quantitative estimate of drug-likeness (QED) is 0.736. The van der Waals surface area contributed by atoms with Crippen molar-refractivity contribution in [3.63, 3.8) is 0 Å². The van der Waals surface area contributed by atoms with E-state index in [1.54, 1.807) is 0 Å². The van der Waals surface area contributed by atoms with Crippen molar-refractivity contribution < 1.29 is 9.59 Å². The van der Waals surface area contributed by atoms with Crippen molar-refractivity contribution in [1.82, 2.24) is 10.2 Å². The van der Waals surface area contributed by atoms with E-state index >= 15 is 0 Å². The van der Waals surface area contributed by atoms with Crippen LogP contribution in [0.5, 0.6) is 0 Å². The van der Waals surface area contributed by atoms with E-state index in [1.807, 2.05) is 29.2 Å². The van der Waals surface area contributed by atoms with Crippen molar-refractivity contribution in [1.29, 1.82) is 0 Å². The molecule has 4 rings (SSSR count). The summed E-state index contributed by atoms with van der Waals surface area (Å²) >= 11 is 0. The van der Waals surface area contributed by atoms with Gasteiger partial charge in [-0.3, -0.25) is 9.59 Å². The molecule has 3 aliphatic rings. The lowest BCUT2D eigenvalue weighted by atomic mass is 9.96. The zero-order chi connectivity index (χ0) is 19.3. The topological polar surface area (TPSA) is 49.4 Å². The van der Waals surface area contributed by atoms with Crippen LogP contribution in [0.1, 0.15) is 105 Å². The molecule has 28 heavy (non-hydrogen) atoms. The molecule has 0 bridgehead atoms. The lowest BCUT2D eigenvalue weighted by Crippen LogP contribution is -2.47. The molecule has 0 saturated heterocycles. The minimum Gasteiger partial charge on any atom is -0.351 e. The smallest absolute Gasteiger partial charge is 0.255 e.